The quantitative estimate of drug-likeness (QED) is 0.341. The van der Waals surface area contributed by atoms with Crippen molar-refractivity contribution in [3.63, 3.8) is 0 Å². The van der Waals surface area contributed by atoms with Crippen molar-refractivity contribution < 1.29 is 5.21 Å². The highest BCUT2D eigenvalue weighted by Crippen LogP contribution is 2.15. The van der Waals surface area contributed by atoms with E-state index in [9.17, 15) is 0 Å². The van der Waals surface area contributed by atoms with Gasteiger partial charge in [-0.2, -0.15) is 0 Å². The lowest BCUT2D eigenvalue weighted by molar-refractivity contribution is 0.318. The van der Waals surface area contributed by atoms with Crippen LogP contribution in [0.1, 0.15) is 16.7 Å². The summed E-state index contributed by atoms with van der Waals surface area (Å²) in [6, 6.07) is 15.7. The van der Waals surface area contributed by atoms with Crippen LogP contribution < -0.4 is 11.1 Å². The summed E-state index contributed by atoms with van der Waals surface area (Å²) in [5.74, 6) is 0.123. The minimum Gasteiger partial charge on any atom is -0.409 e. The number of hydrogen-bond donors (Lipinski definition) is 3. The molecule has 2 aromatic carbocycles. The largest absolute Gasteiger partial charge is 0.409 e. The molecule has 0 saturated carbocycles. The first-order valence-corrected chi connectivity index (χ1v) is 7.01. The summed E-state index contributed by atoms with van der Waals surface area (Å²) in [7, 11) is 0. The molecule has 0 aliphatic carbocycles. The van der Waals surface area contributed by atoms with E-state index in [0.717, 1.165) is 23.1 Å². The average Bonchev–Trinajstić information content (AvgIpc) is 2.49. The monoisotopic (exact) mass is 333 g/mol. The van der Waals surface area contributed by atoms with Crippen LogP contribution in [-0.2, 0) is 13.1 Å². The fraction of sp³-hybridized carbons (Fsp3) is 0.133. The Morgan fingerprint density at radius 3 is 2.45 bits per heavy atom. The fourth-order valence-corrected chi connectivity index (χ4v) is 2.26. The summed E-state index contributed by atoms with van der Waals surface area (Å²) in [6.07, 6.45) is 0. The van der Waals surface area contributed by atoms with Crippen molar-refractivity contribution in [1.29, 1.82) is 0 Å². The molecular weight excluding hydrogens is 318 g/mol. The van der Waals surface area contributed by atoms with Gasteiger partial charge < -0.3 is 16.3 Å². The molecule has 0 unspecified atom stereocenters. The van der Waals surface area contributed by atoms with Gasteiger partial charge in [-0.05, 0) is 17.2 Å². The van der Waals surface area contributed by atoms with E-state index >= 15 is 0 Å². The summed E-state index contributed by atoms with van der Waals surface area (Å²) in [5, 5.41) is 15.0. The maximum atomic E-state index is 8.60. The molecule has 0 fully saturated rings. The molecule has 2 rings (SSSR count). The lowest BCUT2D eigenvalue weighted by atomic mass is 10.1. The van der Waals surface area contributed by atoms with Crippen LogP contribution in [0.25, 0.3) is 0 Å². The number of benzene rings is 2. The van der Waals surface area contributed by atoms with Crippen molar-refractivity contribution in [3.8, 4) is 0 Å². The Bertz CT molecular complexity index is 596. The Hall–Kier alpha value is -1.85. The maximum absolute atomic E-state index is 8.60. The average molecular weight is 334 g/mol. The van der Waals surface area contributed by atoms with Gasteiger partial charge in [0.05, 0.1) is 0 Å². The molecule has 0 spiro atoms. The summed E-state index contributed by atoms with van der Waals surface area (Å²) < 4.78 is 1.11. The number of nitrogens with zero attached hydrogens (tertiary/aromatic N) is 1. The second kappa shape index (κ2) is 7.07. The molecule has 2 aromatic rings. The Balaban J connectivity index is 1.90. The lowest BCUT2D eigenvalue weighted by Gasteiger charge is -2.07. The van der Waals surface area contributed by atoms with Crippen molar-refractivity contribution in [3.05, 3.63) is 69.7 Å². The summed E-state index contributed by atoms with van der Waals surface area (Å²) in [6.45, 7) is 1.56. The van der Waals surface area contributed by atoms with Crippen LogP contribution in [0, 0.1) is 0 Å². The Morgan fingerprint density at radius 1 is 1.10 bits per heavy atom. The molecule has 0 aliphatic rings. The van der Waals surface area contributed by atoms with Crippen LogP contribution in [0.2, 0.25) is 0 Å². The molecule has 0 aromatic heterocycles. The molecule has 20 heavy (non-hydrogen) atoms. The van der Waals surface area contributed by atoms with Crippen molar-refractivity contribution in [2.24, 2.45) is 10.9 Å². The van der Waals surface area contributed by atoms with Crippen LogP contribution in [-0.4, -0.2) is 11.0 Å². The first-order valence-electron chi connectivity index (χ1n) is 6.21. The minimum absolute atomic E-state index is 0.123. The van der Waals surface area contributed by atoms with Crippen molar-refractivity contribution >= 4 is 21.8 Å². The van der Waals surface area contributed by atoms with Gasteiger partial charge in [-0.1, -0.05) is 63.6 Å². The maximum Gasteiger partial charge on any atom is 0.170 e. The van der Waals surface area contributed by atoms with Gasteiger partial charge in [0.25, 0.3) is 0 Å². The second-order valence-corrected chi connectivity index (χ2v) is 5.23. The Kier molecular flexibility index (Phi) is 5.15. The molecule has 0 atom stereocenters. The Labute approximate surface area is 126 Å². The van der Waals surface area contributed by atoms with E-state index in [0.29, 0.717) is 5.56 Å². The molecular formula is C15H16BrN3O. The van der Waals surface area contributed by atoms with E-state index in [4.69, 9.17) is 10.9 Å². The summed E-state index contributed by atoms with van der Waals surface area (Å²) in [5.41, 5.74) is 8.59. The molecule has 0 amide bonds. The van der Waals surface area contributed by atoms with E-state index in [1.54, 1.807) is 0 Å². The summed E-state index contributed by atoms with van der Waals surface area (Å²) in [4.78, 5) is 0. The normalized spacial score (nSPS) is 11.6. The zero-order valence-corrected chi connectivity index (χ0v) is 12.5. The van der Waals surface area contributed by atoms with E-state index < -0.39 is 0 Å². The molecule has 104 valence electrons. The number of oxime groups is 1. The first kappa shape index (κ1) is 14.6. The number of rotatable bonds is 5. The molecule has 0 bridgehead atoms. The van der Waals surface area contributed by atoms with Gasteiger partial charge >= 0.3 is 0 Å². The highest BCUT2D eigenvalue weighted by Gasteiger charge is 2.00. The molecule has 5 heteroatoms. The lowest BCUT2D eigenvalue weighted by Crippen LogP contribution is -2.15. The van der Waals surface area contributed by atoms with E-state index in [2.05, 4.69) is 32.5 Å². The molecule has 0 heterocycles. The third-order valence-electron chi connectivity index (χ3n) is 2.96. The van der Waals surface area contributed by atoms with Gasteiger partial charge in [-0.15, -0.1) is 0 Å². The Morgan fingerprint density at radius 2 is 1.80 bits per heavy atom. The van der Waals surface area contributed by atoms with E-state index in [1.165, 1.54) is 5.56 Å². The van der Waals surface area contributed by atoms with Gasteiger partial charge in [0, 0.05) is 23.1 Å². The number of nitrogens with two attached hydrogens (primary N) is 1. The highest BCUT2D eigenvalue weighted by molar-refractivity contribution is 9.10. The standard InChI is InChI=1S/C15H16BrN3O/c16-14-4-2-1-3-13(14)10-18-9-11-5-7-12(8-6-11)15(17)19-20/h1-8,18,20H,9-10H2,(H2,17,19). The number of nitrogens with one attached hydrogen (secondary N) is 1. The number of amidine groups is 1. The predicted molar refractivity (Wildman–Crippen MR) is 83.6 cm³/mol. The first-order chi connectivity index (χ1) is 9.70. The molecule has 0 radical (unpaired) electrons. The topological polar surface area (TPSA) is 70.6 Å². The van der Waals surface area contributed by atoms with Crippen LogP contribution in [0.4, 0.5) is 0 Å². The number of hydrogen-bond acceptors (Lipinski definition) is 3. The molecule has 4 N–H and O–H groups in total. The third-order valence-corrected chi connectivity index (χ3v) is 3.73. The highest BCUT2D eigenvalue weighted by atomic mass is 79.9. The van der Waals surface area contributed by atoms with Crippen molar-refractivity contribution in [2.45, 2.75) is 13.1 Å². The third kappa shape index (κ3) is 3.82. The molecule has 0 aliphatic heterocycles. The minimum atomic E-state index is 0.123. The van der Waals surface area contributed by atoms with Crippen LogP contribution >= 0.6 is 15.9 Å². The van der Waals surface area contributed by atoms with E-state index in [-0.39, 0.29) is 5.84 Å². The zero-order valence-electron chi connectivity index (χ0n) is 10.9. The number of halogens is 1. The van der Waals surface area contributed by atoms with E-state index in [1.807, 2.05) is 42.5 Å². The fourth-order valence-electron chi connectivity index (χ4n) is 1.83. The van der Waals surface area contributed by atoms with Gasteiger partial charge in [-0.25, -0.2) is 0 Å². The van der Waals surface area contributed by atoms with Gasteiger partial charge in [0.1, 0.15) is 0 Å². The van der Waals surface area contributed by atoms with Crippen LogP contribution in [0.15, 0.2) is 58.2 Å². The zero-order chi connectivity index (χ0) is 14.4. The van der Waals surface area contributed by atoms with Crippen molar-refractivity contribution in [2.75, 3.05) is 0 Å². The van der Waals surface area contributed by atoms with Gasteiger partial charge in [0.15, 0.2) is 5.84 Å². The van der Waals surface area contributed by atoms with Crippen molar-refractivity contribution in [1.82, 2.24) is 5.32 Å². The van der Waals surface area contributed by atoms with Gasteiger partial charge in [0.2, 0.25) is 0 Å². The smallest absolute Gasteiger partial charge is 0.170 e. The summed E-state index contributed by atoms with van der Waals surface area (Å²) >= 11 is 3.53. The molecule has 4 nitrogen and oxygen atoms in total. The predicted octanol–water partition coefficient (Wildman–Crippen LogP) is 2.83. The molecule has 0 saturated heterocycles. The second-order valence-electron chi connectivity index (χ2n) is 4.38. The van der Waals surface area contributed by atoms with Gasteiger partial charge in [-0.3, -0.25) is 0 Å². The SMILES string of the molecule is NC(=NO)c1ccc(CNCc2ccccc2Br)cc1. The van der Waals surface area contributed by atoms with Crippen LogP contribution in [0.5, 0.6) is 0 Å². The van der Waals surface area contributed by atoms with Crippen LogP contribution in [0.3, 0.4) is 0 Å².